The van der Waals surface area contributed by atoms with E-state index in [1.54, 1.807) is 0 Å². The van der Waals surface area contributed by atoms with E-state index in [1.807, 2.05) is 48.5 Å². The second-order valence-electron chi connectivity index (χ2n) is 9.01. The molecule has 0 saturated heterocycles. The summed E-state index contributed by atoms with van der Waals surface area (Å²) in [7, 11) is 0. The molecule has 5 rings (SSSR count). The number of hydrogen-bond acceptors (Lipinski definition) is 3. The fourth-order valence-corrected chi connectivity index (χ4v) is 4.84. The van der Waals surface area contributed by atoms with Crippen molar-refractivity contribution in [2.45, 2.75) is 18.4 Å². The molecule has 38 heavy (non-hydrogen) atoms. The molecule has 0 radical (unpaired) electrons. The highest BCUT2D eigenvalue weighted by Crippen LogP contribution is 2.44. The number of aliphatic carboxylic acids is 1. The van der Waals surface area contributed by atoms with E-state index in [1.165, 1.54) is 24.3 Å². The first-order valence-corrected chi connectivity index (χ1v) is 11.9. The van der Waals surface area contributed by atoms with E-state index < -0.39 is 35.6 Å². The van der Waals surface area contributed by atoms with E-state index in [0.717, 1.165) is 22.3 Å². The fourth-order valence-electron chi connectivity index (χ4n) is 4.84. The van der Waals surface area contributed by atoms with E-state index >= 15 is 0 Å². The number of alkyl carbamates (subject to hydrolysis) is 1. The Morgan fingerprint density at radius 2 is 1.39 bits per heavy atom. The number of halogens is 3. The van der Waals surface area contributed by atoms with Crippen molar-refractivity contribution in [1.29, 1.82) is 0 Å². The molecule has 0 aliphatic heterocycles. The number of benzene rings is 4. The quantitative estimate of drug-likeness (QED) is 0.302. The highest BCUT2D eigenvalue weighted by Gasteiger charge is 2.30. The molecular formula is C30H22F3NO4. The lowest BCUT2D eigenvalue weighted by molar-refractivity contribution is -0.139. The third-order valence-corrected chi connectivity index (χ3v) is 6.62. The van der Waals surface area contributed by atoms with Crippen molar-refractivity contribution in [3.63, 3.8) is 0 Å². The maximum atomic E-state index is 14.1. The summed E-state index contributed by atoms with van der Waals surface area (Å²) in [6.07, 6.45) is -0.958. The largest absolute Gasteiger partial charge is 0.480 e. The van der Waals surface area contributed by atoms with Crippen LogP contribution in [0, 0.1) is 17.5 Å². The standard InChI is InChI=1S/C30H22F3NO4/c31-19-14-25(32)28(26(33)15-19)18-11-9-17(10-12-18)13-27(29(35)36)34-30(37)38-16-24-22-7-3-1-5-20(22)21-6-2-4-8-23(21)24/h1-12,14-15,24,27H,13,16H2,(H,34,37)(H,35,36)/t27-/m1/s1. The van der Waals surface area contributed by atoms with Gasteiger partial charge in [-0.3, -0.25) is 0 Å². The van der Waals surface area contributed by atoms with Gasteiger partial charge in [0.05, 0.1) is 5.56 Å². The lowest BCUT2D eigenvalue weighted by atomic mass is 9.98. The molecule has 0 aromatic heterocycles. The molecule has 1 aliphatic carbocycles. The smallest absolute Gasteiger partial charge is 0.407 e. The van der Waals surface area contributed by atoms with Gasteiger partial charge in [-0.05, 0) is 33.4 Å². The number of rotatable bonds is 7. The van der Waals surface area contributed by atoms with Gasteiger partial charge in [0, 0.05) is 24.5 Å². The molecule has 0 saturated carbocycles. The van der Waals surface area contributed by atoms with Gasteiger partial charge in [-0.2, -0.15) is 0 Å². The molecule has 2 N–H and O–H groups in total. The molecule has 4 aromatic carbocycles. The molecule has 0 spiro atoms. The number of fused-ring (bicyclic) bond motifs is 3. The maximum Gasteiger partial charge on any atom is 0.407 e. The molecule has 0 heterocycles. The summed E-state index contributed by atoms with van der Waals surface area (Å²) in [6.45, 7) is 0.0374. The van der Waals surface area contributed by atoms with Gasteiger partial charge in [-0.15, -0.1) is 0 Å². The average Bonchev–Trinajstić information content (AvgIpc) is 3.21. The van der Waals surface area contributed by atoms with Crippen molar-refractivity contribution < 1.29 is 32.6 Å². The van der Waals surface area contributed by atoms with Crippen LogP contribution in [0.1, 0.15) is 22.6 Å². The van der Waals surface area contributed by atoms with Gasteiger partial charge in [0.1, 0.15) is 30.1 Å². The van der Waals surface area contributed by atoms with E-state index in [9.17, 15) is 27.9 Å². The van der Waals surface area contributed by atoms with Crippen LogP contribution >= 0.6 is 0 Å². The van der Waals surface area contributed by atoms with E-state index in [2.05, 4.69) is 5.32 Å². The van der Waals surface area contributed by atoms with Gasteiger partial charge in [-0.1, -0.05) is 72.8 Å². The first-order chi connectivity index (χ1) is 18.3. The van der Waals surface area contributed by atoms with E-state index in [0.29, 0.717) is 17.7 Å². The number of carbonyl (C=O) groups excluding carboxylic acids is 1. The van der Waals surface area contributed by atoms with Crippen molar-refractivity contribution in [3.8, 4) is 22.3 Å². The van der Waals surface area contributed by atoms with Crippen LogP contribution in [-0.4, -0.2) is 29.8 Å². The van der Waals surface area contributed by atoms with Crippen LogP contribution in [0.15, 0.2) is 84.9 Å². The number of carbonyl (C=O) groups is 2. The lowest BCUT2D eigenvalue weighted by Gasteiger charge is -2.18. The Labute approximate surface area is 216 Å². The summed E-state index contributed by atoms with van der Waals surface area (Å²) < 4.78 is 46.8. The Balaban J connectivity index is 1.24. The third kappa shape index (κ3) is 4.98. The van der Waals surface area contributed by atoms with Crippen LogP contribution in [0.4, 0.5) is 18.0 Å². The molecule has 1 amide bonds. The zero-order valence-electron chi connectivity index (χ0n) is 20.0. The first kappa shape index (κ1) is 25.1. The molecule has 4 aromatic rings. The summed E-state index contributed by atoms with van der Waals surface area (Å²) in [5.41, 5.74) is 4.50. The molecule has 0 bridgehead atoms. The maximum absolute atomic E-state index is 14.1. The predicted octanol–water partition coefficient (Wildman–Crippen LogP) is 6.31. The topological polar surface area (TPSA) is 75.6 Å². The van der Waals surface area contributed by atoms with Gasteiger partial charge in [0.2, 0.25) is 0 Å². The first-order valence-electron chi connectivity index (χ1n) is 11.9. The monoisotopic (exact) mass is 517 g/mol. The fraction of sp³-hybridized carbons (Fsp3) is 0.133. The number of carboxylic acid groups (broad SMARTS) is 1. The Hall–Kier alpha value is -4.59. The number of carboxylic acids is 1. The van der Waals surface area contributed by atoms with Crippen LogP contribution in [0.5, 0.6) is 0 Å². The molecule has 1 atom stereocenters. The Morgan fingerprint density at radius 3 is 1.95 bits per heavy atom. The molecule has 8 heteroatoms. The number of amides is 1. The van der Waals surface area contributed by atoms with E-state index in [-0.39, 0.29) is 30.1 Å². The van der Waals surface area contributed by atoms with Crippen molar-refractivity contribution in [1.82, 2.24) is 5.32 Å². The molecule has 1 aliphatic rings. The average molecular weight is 518 g/mol. The van der Waals surface area contributed by atoms with Crippen LogP contribution < -0.4 is 5.32 Å². The van der Waals surface area contributed by atoms with Gasteiger partial charge in [0.25, 0.3) is 0 Å². The summed E-state index contributed by atoms with van der Waals surface area (Å²) in [5, 5.41) is 12.0. The zero-order chi connectivity index (χ0) is 26.8. The van der Waals surface area contributed by atoms with Gasteiger partial charge in [-0.25, -0.2) is 22.8 Å². The van der Waals surface area contributed by atoms with Crippen LogP contribution in [0.3, 0.4) is 0 Å². The minimum absolute atomic E-state index is 0.0374. The third-order valence-electron chi connectivity index (χ3n) is 6.62. The number of nitrogens with one attached hydrogen (secondary N) is 1. The SMILES string of the molecule is O=C(N[C@H](Cc1ccc(-c2c(F)cc(F)cc2F)cc1)C(=O)O)OCC1c2ccccc2-c2ccccc21. The summed E-state index contributed by atoms with van der Waals surface area (Å²) >= 11 is 0. The summed E-state index contributed by atoms with van der Waals surface area (Å²) in [5.74, 6) is -4.55. The molecule has 0 unspecified atom stereocenters. The normalized spacial score (nSPS) is 12.9. The number of hydrogen-bond donors (Lipinski definition) is 2. The summed E-state index contributed by atoms with van der Waals surface area (Å²) in [6, 6.07) is 21.4. The molecule has 5 nitrogen and oxygen atoms in total. The minimum Gasteiger partial charge on any atom is -0.480 e. The lowest BCUT2D eigenvalue weighted by Crippen LogP contribution is -2.42. The van der Waals surface area contributed by atoms with Crippen molar-refractivity contribution >= 4 is 12.1 Å². The molecule has 0 fully saturated rings. The highest BCUT2D eigenvalue weighted by atomic mass is 19.1. The Morgan fingerprint density at radius 1 is 0.842 bits per heavy atom. The van der Waals surface area contributed by atoms with Gasteiger partial charge < -0.3 is 15.2 Å². The number of ether oxygens (including phenoxy) is 1. The zero-order valence-corrected chi connectivity index (χ0v) is 20.0. The van der Waals surface area contributed by atoms with Gasteiger partial charge >= 0.3 is 12.1 Å². The van der Waals surface area contributed by atoms with Crippen molar-refractivity contribution in [3.05, 3.63) is 119 Å². The Kier molecular flexibility index (Phi) is 6.87. The molecule has 192 valence electrons. The van der Waals surface area contributed by atoms with Crippen molar-refractivity contribution in [2.75, 3.05) is 6.61 Å². The second kappa shape index (κ2) is 10.4. The summed E-state index contributed by atoms with van der Waals surface area (Å²) in [4.78, 5) is 24.4. The van der Waals surface area contributed by atoms with Crippen LogP contribution in [-0.2, 0) is 16.0 Å². The Bertz CT molecular complexity index is 1450. The predicted molar refractivity (Wildman–Crippen MR) is 135 cm³/mol. The minimum atomic E-state index is -1.30. The van der Waals surface area contributed by atoms with Crippen LogP contribution in [0.2, 0.25) is 0 Å². The van der Waals surface area contributed by atoms with Crippen LogP contribution in [0.25, 0.3) is 22.3 Å². The van der Waals surface area contributed by atoms with Crippen molar-refractivity contribution in [2.24, 2.45) is 0 Å². The van der Waals surface area contributed by atoms with E-state index in [4.69, 9.17) is 4.74 Å². The van der Waals surface area contributed by atoms with Gasteiger partial charge in [0.15, 0.2) is 0 Å². The molecular weight excluding hydrogens is 495 g/mol. The highest BCUT2D eigenvalue weighted by molar-refractivity contribution is 5.81. The second-order valence-corrected chi connectivity index (χ2v) is 9.01.